The average Bonchev–Trinajstić information content (AvgIpc) is 2.97. The van der Waals surface area contributed by atoms with Crippen LogP contribution in [0.15, 0.2) is 24.3 Å². The van der Waals surface area contributed by atoms with Crippen LogP contribution in [-0.4, -0.2) is 37.9 Å². The summed E-state index contributed by atoms with van der Waals surface area (Å²) in [6.45, 7) is 3.04. The number of nitrogens with zero attached hydrogens (tertiary/aromatic N) is 5. The van der Waals surface area contributed by atoms with E-state index in [4.69, 9.17) is 5.26 Å². The summed E-state index contributed by atoms with van der Waals surface area (Å²) in [6.07, 6.45) is 3.23. The Morgan fingerprint density at radius 2 is 1.83 bits per heavy atom. The first-order valence-corrected chi connectivity index (χ1v) is 8.39. The van der Waals surface area contributed by atoms with Gasteiger partial charge in [-0.2, -0.15) is 5.26 Å². The van der Waals surface area contributed by atoms with Crippen molar-refractivity contribution < 1.29 is 5.11 Å². The molecule has 1 N–H and O–H groups in total. The number of aliphatic hydroxyl groups excluding tert-OH is 1. The molecule has 0 saturated carbocycles. The summed E-state index contributed by atoms with van der Waals surface area (Å²) in [5.41, 5.74) is 1.97. The van der Waals surface area contributed by atoms with Crippen molar-refractivity contribution in [2.75, 3.05) is 13.1 Å². The molecule has 0 amide bonds. The van der Waals surface area contributed by atoms with Crippen molar-refractivity contribution in [2.45, 2.75) is 32.4 Å². The minimum absolute atomic E-state index is 0.0630. The fourth-order valence-corrected chi connectivity index (χ4v) is 3.26. The highest BCUT2D eigenvalue weighted by Gasteiger charge is 2.21. The van der Waals surface area contributed by atoms with Crippen LogP contribution in [0.5, 0.6) is 0 Å². The number of piperidine rings is 1. The van der Waals surface area contributed by atoms with Gasteiger partial charge in [-0.1, -0.05) is 12.1 Å². The summed E-state index contributed by atoms with van der Waals surface area (Å²) in [7, 11) is 1.92. The molecular weight excluding hydrogens is 302 g/mol. The van der Waals surface area contributed by atoms with E-state index in [1.165, 1.54) is 5.56 Å². The Labute approximate surface area is 142 Å². The highest BCUT2D eigenvalue weighted by molar-refractivity contribution is 5.31. The fraction of sp³-hybridized carbons (Fsp3) is 0.500. The topological polar surface area (TPSA) is 78.0 Å². The molecule has 6 heteroatoms. The lowest BCUT2D eigenvalue weighted by molar-refractivity contribution is 0.175. The number of nitriles is 1. The van der Waals surface area contributed by atoms with E-state index in [-0.39, 0.29) is 6.61 Å². The maximum Gasteiger partial charge on any atom is 0.158 e. The van der Waals surface area contributed by atoms with E-state index in [2.05, 4.69) is 21.2 Å². The molecule has 1 aromatic carbocycles. The number of likely N-dealkylation sites (tertiary alicyclic amines) is 1. The zero-order valence-electron chi connectivity index (χ0n) is 14.0. The molecule has 0 radical (unpaired) electrons. The van der Waals surface area contributed by atoms with E-state index in [0.29, 0.717) is 17.3 Å². The van der Waals surface area contributed by atoms with Crippen LogP contribution >= 0.6 is 0 Å². The fourth-order valence-electron chi connectivity index (χ4n) is 3.26. The van der Waals surface area contributed by atoms with Crippen LogP contribution in [0, 0.1) is 17.2 Å². The Balaban J connectivity index is 1.50. The lowest BCUT2D eigenvalue weighted by Crippen LogP contribution is -2.34. The van der Waals surface area contributed by atoms with Gasteiger partial charge in [-0.15, -0.1) is 10.2 Å². The van der Waals surface area contributed by atoms with Gasteiger partial charge in [-0.25, -0.2) is 0 Å². The summed E-state index contributed by atoms with van der Waals surface area (Å²) in [5.74, 6) is 2.21. The van der Waals surface area contributed by atoms with Crippen molar-refractivity contribution in [3.63, 3.8) is 0 Å². The highest BCUT2D eigenvalue weighted by Crippen LogP contribution is 2.22. The largest absolute Gasteiger partial charge is 0.388 e. The molecule has 126 valence electrons. The van der Waals surface area contributed by atoms with E-state index < -0.39 is 0 Å². The zero-order chi connectivity index (χ0) is 16.9. The molecule has 1 aromatic heterocycles. The number of benzene rings is 1. The van der Waals surface area contributed by atoms with E-state index >= 15 is 0 Å². The molecule has 1 aliphatic heterocycles. The average molecular weight is 325 g/mol. The lowest BCUT2D eigenvalue weighted by atomic mass is 9.93. The molecule has 2 heterocycles. The zero-order valence-corrected chi connectivity index (χ0v) is 14.0. The van der Waals surface area contributed by atoms with Gasteiger partial charge >= 0.3 is 0 Å². The molecule has 0 aliphatic carbocycles. The summed E-state index contributed by atoms with van der Waals surface area (Å²) in [4.78, 5) is 2.47. The van der Waals surface area contributed by atoms with Gasteiger partial charge in [0.15, 0.2) is 5.82 Å². The molecule has 1 aliphatic rings. The van der Waals surface area contributed by atoms with E-state index in [1.54, 1.807) is 0 Å². The molecular formula is C18H23N5O. The number of aliphatic hydroxyl groups is 1. The molecule has 1 saturated heterocycles. The van der Waals surface area contributed by atoms with Gasteiger partial charge in [-0.3, -0.25) is 4.90 Å². The second kappa shape index (κ2) is 7.56. The molecule has 24 heavy (non-hydrogen) atoms. The standard InChI is InChI=1S/C18H23N5O/c1-22-17(20-21-18(22)13-24)10-14-6-8-23(9-7-14)12-16-4-2-15(11-19)3-5-16/h2-5,14,24H,6-10,12-13H2,1H3. The first kappa shape index (κ1) is 16.6. The van der Waals surface area contributed by atoms with Crippen LogP contribution in [0.25, 0.3) is 0 Å². The Kier molecular flexibility index (Phi) is 5.24. The summed E-state index contributed by atoms with van der Waals surface area (Å²) in [5, 5.41) is 26.3. The molecule has 6 nitrogen and oxygen atoms in total. The number of hydrogen-bond donors (Lipinski definition) is 1. The second-order valence-corrected chi connectivity index (χ2v) is 6.48. The van der Waals surface area contributed by atoms with Crippen LogP contribution in [0.3, 0.4) is 0 Å². The molecule has 0 unspecified atom stereocenters. The second-order valence-electron chi connectivity index (χ2n) is 6.48. The first-order chi connectivity index (χ1) is 11.7. The third kappa shape index (κ3) is 3.81. The molecule has 0 spiro atoms. The minimum atomic E-state index is -0.0630. The van der Waals surface area contributed by atoms with E-state index in [1.807, 2.05) is 35.9 Å². The number of rotatable bonds is 5. The van der Waals surface area contributed by atoms with Crippen molar-refractivity contribution in [3.8, 4) is 6.07 Å². The maximum absolute atomic E-state index is 9.20. The van der Waals surface area contributed by atoms with Gasteiger partial charge in [0, 0.05) is 20.0 Å². The quantitative estimate of drug-likeness (QED) is 0.904. The first-order valence-electron chi connectivity index (χ1n) is 8.39. The monoisotopic (exact) mass is 325 g/mol. The predicted octanol–water partition coefficient (Wildman–Crippen LogP) is 1.63. The van der Waals surface area contributed by atoms with Crippen LogP contribution in [0.1, 0.15) is 35.6 Å². The molecule has 2 aromatic rings. The number of hydrogen-bond acceptors (Lipinski definition) is 5. The highest BCUT2D eigenvalue weighted by atomic mass is 16.3. The third-order valence-corrected chi connectivity index (χ3v) is 4.86. The third-order valence-electron chi connectivity index (χ3n) is 4.86. The van der Waals surface area contributed by atoms with Crippen molar-refractivity contribution >= 4 is 0 Å². The van der Waals surface area contributed by atoms with Gasteiger partial charge < -0.3 is 9.67 Å². The summed E-state index contributed by atoms with van der Waals surface area (Å²) >= 11 is 0. The Hall–Kier alpha value is -2.23. The van der Waals surface area contributed by atoms with Crippen molar-refractivity contribution in [2.24, 2.45) is 13.0 Å². The molecule has 0 atom stereocenters. The van der Waals surface area contributed by atoms with Crippen molar-refractivity contribution in [1.29, 1.82) is 5.26 Å². The van der Waals surface area contributed by atoms with Crippen molar-refractivity contribution in [1.82, 2.24) is 19.7 Å². The normalized spacial score (nSPS) is 16.2. The maximum atomic E-state index is 9.20. The summed E-state index contributed by atoms with van der Waals surface area (Å²) in [6, 6.07) is 10.0. The lowest BCUT2D eigenvalue weighted by Gasteiger charge is -2.31. The van der Waals surface area contributed by atoms with Crippen LogP contribution in [0.2, 0.25) is 0 Å². The van der Waals surface area contributed by atoms with Gasteiger partial charge in [0.05, 0.1) is 11.6 Å². The van der Waals surface area contributed by atoms with Crippen LogP contribution in [-0.2, 0) is 26.6 Å². The molecule has 1 fully saturated rings. The van der Waals surface area contributed by atoms with Gasteiger partial charge in [0.1, 0.15) is 12.4 Å². The molecule has 0 bridgehead atoms. The number of aromatic nitrogens is 3. The van der Waals surface area contributed by atoms with Crippen LogP contribution in [0.4, 0.5) is 0 Å². The van der Waals surface area contributed by atoms with Gasteiger partial charge in [0.2, 0.25) is 0 Å². The van der Waals surface area contributed by atoms with Crippen molar-refractivity contribution in [3.05, 3.63) is 47.0 Å². The summed E-state index contributed by atoms with van der Waals surface area (Å²) < 4.78 is 1.91. The molecule has 3 rings (SSSR count). The predicted molar refractivity (Wildman–Crippen MR) is 89.8 cm³/mol. The van der Waals surface area contributed by atoms with E-state index in [9.17, 15) is 5.11 Å². The van der Waals surface area contributed by atoms with Gasteiger partial charge in [0.25, 0.3) is 0 Å². The smallest absolute Gasteiger partial charge is 0.158 e. The minimum Gasteiger partial charge on any atom is -0.388 e. The SMILES string of the molecule is Cn1c(CO)nnc1CC1CCN(Cc2ccc(C#N)cc2)CC1. The Bertz CT molecular complexity index is 708. The van der Waals surface area contributed by atoms with E-state index in [0.717, 1.165) is 44.7 Å². The van der Waals surface area contributed by atoms with Crippen LogP contribution < -0.4 is 0 Å². The van der Waals surface area contributed by atoms with Gasteiger partial charge in [-0.05, 0) is 49.5 Å². The Morgan fingerprint density at radius 1 is 1.17 bits per heavy atom. The Morgan fingerprint density at radius 3 is 2.42 bits per heavy atom.